The minimum atomic E-state index is 0.525. The Morgan fingerprint density at radius 3 is 1.90 bits per heavy atom. The second-order valence-corrected chi connectivity index (χ2v) is 4.68. The molecule has 0 amide bonds. The summed E-state index contributed by atoms with van der Waals surface area (Å²) in [6.07, 6.45) is 4.02. The van der Waals surface area contributed by atoms with Crippen molar-refractivity contribution in [2.24, 2.45) is 23.0 Å². The number of hydrogen-bond donors (Lipinski definition) is 1. The van der Waals surface area contributed by atoms with Crippen molar-refractivity contribution in [2.75, 3.05) is 0 Å². The first-order chi connectivity index (χ1) is 4.60. The monoisotopic (exact) mass is 139 g/mol. The molecule has 3 fully saturated rings. The lowest BCUT2D eigenvalue weighted by Crippen LogP contribution is -2.54. The van der Waals surface area contributed by atoms with Crippen molar-refractivity contribution in [3.63, 3.8) is 0 Å². The van der Waals surface area contributed by atoms with E-state index in [0.29, 0.717) is 11.5 Å². The smallest absolute Gasteiger partial charge is 0.00445 e. The largest absolute Gasteiger partial charge is 0.328 e. The van der Waals surface area contributed by atoms with Crippen molar-refractivity contribution in [2.45, 2.75) is 39.2 Å². The Kier molecular flexibility index (Phi) is 1.17. The lowest BCUT2D eigenvalue weighted by molar-refractivity contribution is -0.0727. The molecule has 0 aromatic rings. The highest BCUT2D eigenvalue weighted by molar-refractivity contribution is 5.03. The molecule has 3 aliphatic rings. The molecule has 0 aromatic carbocycles. The Hall–Kier alpha value is -0.0400. The average molecular weight is 139 g/mol. The lowest BCUT2D eigenvalue weighted by Gasteiger charge is -2.58. The van der Waals surface area contributed by atoms with Gasteiger partial charge in [-0.05, 0) is 36.5 Å². The summed E-state index contributed by atoms with van der Waals surface area (Å²) in [5, 5.41) is 0. The first-order valence-electron chi connectivity index (χ1n) is 4.36. The summed E-state index contributed by atoms with van der Waals surface area (Å²) in [5.41, 5.74) is 6.51. The van der Waals surface area contributed by atoms with Gasteiger partial charge in [0.15, 0.2) is 0 Å². The van der Waals surface area contributed by atoms with E-state index < -0.39 is 0 Å². The van der Waals surface area contributed by atoms with Crippen LogP contribution < -0.4 is 5.73 Å². The molecule has 58 valence electrons. The fourth-order valence-corrected chi connectivity index (χ4v) is 2.75. The van der Waals surface area contributed by atoms with Crippen LogP contribution in [-0.2, 0) is 0 Å². The fourth-order valence-electron chi connectivity index (χ4n) is 2.75. The van der Waals surface area contributed by atoms with E-state index in [1.165, 1.54) is 19.3 Å². The number of hydrogen-bond acceptors (Lipinski definition) is 1. The van der Waals surface area contributed by atoms with Gasteiger partial charge >= 0.3 is 0 Å². The van der Waals surface area contributed by atoms with Crippen LogP contribution in [0.2, 0.25) is 0 Å². The summed E-state index contributed by atoms with van der Waals surface area (Å²) in [6, 6.07) is 0.525. The Bertz CT molecular complexity index is 137. The Morgan fingerprint density at radius 1 is 1.10 bits per heavy atom. The molecule has 0 unspecified atom stereocenters. The van der Waals surface area contributed by atoms with Crippen LogP contribution in [0.3, 0.4) is 0 Å². The molecule has 1 nitrogen and oxygen atoms in total. The van der Waals surface area contributed by atoms with Gasteiger partial charge in [-0.25, -0.2) is 0 Å². The predicted molar refractivity (Wildman–Crippen MR) is 42.6 cm³/mol. The van der Waals surface area contributed by atoms with Crippen LogP contribution >= 0.6 is 0 Å². The van der Waals surface area contributed by atoms with Crippen LogP contribution in [0.5, 0.6) is 0 Å². The second-order valence-electron chi connectivity index (χ2n) is 4.68. The van der Waals surface area contributed by atoms with Gasteiger partial charge in [-0.1, -0.05) is 13.8 Å². The molecule has 10 heavy (non-hydrogen) atoms. The molecule has 3 aliphatic carbocycles. The van der Waals surface area contributed by atoms with E-state index in [9.17, 15) is 0 Å². The van der Waals surface area contributed by atoms with E-state index in [0.717, 1.165) is 11.8 Å². The highest BCUT2D eigenvalue weighted by Gasteiger charge is 2.51. The van der Waals surface area contributed by atoms with Crippen LogP contribution in [0.4, 0.5) is 0 Å². The summed E-state index contributed by atoms with van der Waals surface area (Å²) in [7, 11) is 0. The van der Waals surface area contributed by atoms with E-state index in [2.05, 4.69) is 13.8 Å². The quantitative estimate of drug-likeness (QED) is 0.544. The second kappa shape index (κ2) is 1.76. The van der Waals surface area contributed by atoms with Crippen molar-refractivity contribution in [1.82, 2.24) is 0 Å². The Balaban J connectivity index is 2.10. The van der Waals surface area contributed by atoms with Crippen molar-refractivity contribution in [1.29, 1.82) is 0 Å². The number of nitrogens with two attached hydrogens (primary N) is 1. The third kappa shape index (κ3) is 0.672. The van der Waals surface area contributed by atoms with Crippen LogP contribution in [-0.4, -0.2) is 6.04 Å². The zero-order chi connectivity index (χ0) is 7.35. The SMILES string of the molecule is CC1(C)[C@@H]2C[C@@H](N)C[C@H]1C2. The van der Waals surface area contributed by atoms with Crippen molar-refractivity contribution in [3.8, 4) is 0 Å². The molecule has 3 rings (SSSR count). The Labute approximate surface area is 63.0 Å². The molecule has 2 N–H and O–H groups in total. The molecule has 0 aliphatic heterocycles. The molecule has 0 aromatic heterocycles. The summed E-state index contributed by atoms with van der Waals surface area (Å²) in [4.78, 5) is 0. The third-order valence-electron chi connectivity index (χ3n) is 3.85. The van der Waals surface area contributed by atoms with Gasteiger partial charge in [0.1, 0.15) is 0 Å². The van der Waals surface area contributed by atoms with E-state index in [1.54, 1.807) is 0 Å². The highest BCUT2D eigenvalue weighted by atomic mass is 14.7. The Morgan fingerprint density at radius 2 is 1.60 bits per heavy atom. The summed E-state index contributed by atoms with van der Waals surface area (Å²) in [5.74, 6) is 1.89. The minimum absolute atomic E-state index is 0.525. The summed E-state index contributed by atoms with van der Waals surface area (Å²) < 4.78 is 0. The average Bonchev–Trinajstić information content (AvgIpc) is 1.87. The molecule has 0 radical (unpaired) electrons. The number of fused-ring (bicyclic) bond motifs is 2. The topological polar surface area (TPSA) is 26.0 Å². The van der Waals surface area contributed by atoms with Crippen LogP contribution in [0.15, 0.2) is 0 Å². The fraction of sp³-hybridized carbons (Fsp3) is 1.00. The lowest BCUT2D eigenvalue weighted by atomic mass is 9.48. The van der Waals surface area contributed by atoms with Crippen molar-refractivity contribution < 1.29 is 0 Å². The molecule has 1 heteroatoms. The zero-order valence-electron chi connectivity index (χ0n) is 6.93. The first kappa shape index (κ1) is 6.66. The molecule has 3 saturated carbocycles. The van der Waals surface area contributed by atoms with Gasteiger partial charge in [0.25, 0.3) is 0 Å². The molecule has 3 atom stereocenters. The minimum Gasteiger partial charge on any atom is -0.328 e. The summed E-state index contributed by atoms with van der Waals surface area (Å²) >= 11 is 0. The van der Waals surface area contributed by atoms with Crippen molar-refractivity contribution in [3.05, 3.63) is 0 Å². The van der Waals surface area contributed by atoms with Crippen LogP contribution in [0, 0.1) is 17.3 Å². The first-order valence-corrected chi connectivity index (χ1v) is 4.36. The maximum absolute atomic E-state index is 5.88. The standard InChI is InChI=1S/C9H17N/c1-9(2)6-3-7(9)5-8(10)4-6/h6-8H,3-5,10H2,1-2H3/t6-,7+,8+. The molecule has 0 spiro atoms. The zero-order valence-corrected chi connectivity index (χ0v) is 6.93. The van der Waals surface area contributed by atoms with Gasteiger partial charge < -0.3 is 5.73 Å². The normalized spacial score (nSPS) is 50.1. The third-order valence-corrected chi connectivity index (χ3v) is 3.85. The molecule has 0 saturated heterocycles. The van der Waals surface area contributed by atoms with Crippen LogP contribution in [0.25, 0.3) is 0 Å². The molecule has 0 heterocycles. The highest BCUT2D eigenvalue weighted by Crippen LogP contribution is 2.58. The van der Waals surface area contributed by atoms with E-state index >= 15 is 0 Å². The van der Waals surface area contributed by atoms with E-state index in [-0.39, 0.29) is 0 Å². The number of rotatable bonds is 0. The van der Waals surface area contributed by atoms with E-state index in [4.69, 9.17) is 5.73 Å². The molecule has 2 bridgehead atoms. The van der Waals surface area contributed by atoms with Gasteiger partial charge in [0, 0.05) is 6.04 Å². The maximum atomic E-state index is 5.88. The predicted octanol–water partition coefficient (Wildman–Crippen LogP) is 1.77. The van der Waals surface area contributed by atoms with E-state index in [1.807, 2.05) is 0 Å². The van der Waals surface area contributed by atoms with Gasteiger partial charge in [0.05, 0.1) is 0 Å². The van der Waals surface area contributed by atoms with Gasteiger partial charge in [-0.2, -0.15) is 0 Å². The maximum Gasteiger partial charge on any atom is 0.00445 e. The van der Waals surface area contributed by atoms with Gasteiger partial charge in [0.2, 0.25) is 0 Å². The van der Waals surface area contributed by atoms with Gasteiger partial charge in [-0.3, -0.25) is 0 Å². The van der Waals surface area contributed by atoms with Crippen LogP contribution in [0.1, 0.15) is 33.1 Å². The summed E-state index contributed by atoms with van der Waals surface area (Å²) in [6.45, 7) is 4.80. The molecular formula is C9H17N. The van der Waals surface area contributed by atoms with Gasteiger partial charge in [-0.15, -0.1) is 0 Å². The van der Waals surface area contributed by atoms with Crippen molar-refractivity contribution >= 4 is 0 Å². The molecular weight excluding hydrogens is 122 g/mol.